The summed E-state index contributed by atoms with van der Waals surface area (Å²) < 4.78 is 5.16. The van der Waals surface area contributed by atoms with Crippen molar-refractivity contribution in [3.63, 3.8) is 0 Å². The van der Waals surface area contributed by atoms with Gasteiger partial charge in [-0.3, -0.25) is 5.10 Å². The molecule has 0 bridgehead atoms. The standard InChI is InChI=1S/C18H17ClN4O2/c1-25-16-8-2-12(3-9-16)17-13(11-21-23-17)10-20-18(24)22-15-6-4-14(19)5-7-15/h2-9,11H,10H2,1H3,(H,21,23)(H2,20,22,24). The molecular weight excluding hydrogens is 340 g/mol. The second kappa shape index (κ2) is 7.72. The van der Waals surface area contributed by atoms with Gasteiger partial charge >= 0.3 is 6.03 Å². The number of amides is 2. The number of halogens is 1. The molecule has 128 valence electrons. The van der Waals surface area contributed by atoms with Gasteiger partial charge in [-0.2, -0.15) is 5.10 Å². The lowest BCUT2D eigenvalue weighted by Gasteiger charge is -2.08. The Morgan fingerprint density at radius 1 is 1.16 bits per heavy atom. The van der Waals surface area contributed by atoms with Crippen molar-refractivity contribution in [2.24, 2.45) is 0 Å². The van der Waals surface area contributed by atoms with Crippen LogP contribution in [-0.2, 0) is 6.54 Å². The highest BCUT2D eigenvalue weighted by atomic mass is 35.5. The molecule has 25 heavy (non-hydrogen) atoms. The molecule has 0 aliphatic rings. The molecular formula is C18H17ClN4O2. The van der Waals surface area contributed by atoms with Gasteiger partial charge in [0.15, 0.2) is 0 Å². The lowest BCUT2D eigenvalue weighted by atomic mass is 10.1. The molecule has 3 aromatic rings. The van der Waals surface area contributed by atoms with Gasteiger partial charge in [0.1, 0.15) is 5.75 Å². The molecule has 0 aliphatic carbocycles. The topological polar surface area (TPSA) is 79.0 Å². The van der Waals surface area contributed by atoms with Crippen LogP contribution in [-0.4, -0.2) is 23.3 Å². The minimum atomic E-state index is -0.302. The number of carbonyl (C=O) groups excluding carboxylic acids is 1. The number of benzene rings is 2. The van der Waals surface area contributed by atoms with Gasteiger partial charge in [0, 0.05) is 28.4 Å². The second-order valence-electron chi connectivity index (χ2n) is 5.31. The third kappa shape index (κ3) is 4.30. The fourth-order valence-electron chi connectivity index (χ4n) is 2.34. The number of carbonyl (C=O) groups is 1. The van der Waals surface area contributed by atoms with Crippen LogP contribution in [0.5, 0.6) is 5.75 Å². The van der Waals surface area contributed by atoms with Gasteiger partial charge in [0.05, 0.1) is 19.0 Å². The van der Waals surface area contributed by atoms with Crippen molar-refractivity contribution in [1.29, 1.82) is 0 Å². The van der Waals surface area contributed by atoms with Crippen molar-refractivity contribution in [3.05, 3.63) is 65.3 Å². The Hall–Kier alpha value is -2.99. The summed E-state index contributed by atoms with van der Waals surface area (Å²) in [5.74, 6) is 0.783. The van der Waals surface area contributed by atoms with Crippen LogP contribution in [0, 0.1) is 0 Å². The molecule has 0 saturated heterocycles. The number of hydrogen-bond donors (Lipinski definition) is 3. The van der Waals surface area contributed by atoms with Gasteiger partial charge < -0.3 is 15.4 Å². The zero-order valence-electron chi connectivity index (χ0n) is 13.5. The molecule has 0 spiro atoms. The Kier molecular flexibility index (Phi) is 5.20. The molecule has 3 N–H and O–H groups in total. The van der Waals surface area contributed by atoms with E-state index in [0.29, 0.717) is 17.3 Å². The first-order chi connectivity index (χ1) is 12.2. The summed E-state index contributed by atoms with van der Waals surface area (Å²) in [6.45, 7) is 0.345. The van der Waals surface area contributed by atoms with E-state index in [9.17, 15) is 4.79 Å². The van der Waals surface area contributed by atoms with Crippen LogP contribution >= 0.6 is 11.6 Å². The Balaban J connectivity index is 1.62. The highest BCUT2D eigenvalue weighted by Gasteiger charge is 2.09. The maximum absolute atomic E-state index is 12.0. The first-order valence-corrected chi connectivity index (χ1v) is 8.00. The fourth-order valence-corrected chi connectivity index (χ4v) is 2.46. The molecule has 0 fully saturated rings. The van der Waals surface area contributed by atoms with Crippen molar-refractivity contribution >= 4 is 23.3 Å². The van der Waals surface area contributed by atoms with Crippen molar-refractivity contribution < 1.29 is 9.53 Å². The highest BCUT2D eigenvalue weighted by Crippen LogP contribution is 2.23. The number of anilines is 1. The number of urea groups is 1. The van der Waals surface area contributed by atoms with E-state index in [1.807, 2.05) is 24.3 Å². The van der Waals surface area contributed by atoms with Gasteiger partial charge in [-0.15, -0.1) is 0 Å². The Labute approximate surface area is 150 Å². The number of nitrogens with one attached hydrogen (secondary N) is 3. The first kappa shape index (κ1) is 16.9. The molecule has 7 heteroatoms. The molecule has 0 unspecified atom stereocenters. The zero-order chi connectivity index (χ0) is 17.6. The van der Waals surface area contributed by atoms with Crippen LogP contribution in [0.2, 0.25) is 5.02 Å². The van der Waals surface area contributed by atoms with E-state index in [1.54, 1.807) is 37.6 Å². The van der Waals surface area contributed by atoms with Crippen LogP contribution in [0.15, 0.2) is 54.7 Å². The number of nitrogens with zero attached hydrogens (tertiary/aromatic N) is 1. The smallest absolute Gasteiger partial charge is 0.319 e. The minimum absolute atomic E-state index is 0.302. The summed E-state index contributed by atoms with van der Waals surface area (Å²) in [5.41, 5.74) is 3.38. The minimum Gasteiger partial charge on any atom is -0.497 e. The molecule has 6 nitrogen and oxygen atoms in total. The molecule has 3 rings (SSSR count). The first-order valence-electron chi connectivity index (χ1n) is 7.63. The van der Waals surface area contributed by atoms with Crippen molar-refractivity contribution in [3.8, 4) is 17.0 Å². The van der Waals surface area contributed by atoms with Gasteiger partial charge in [0.25, 0.3) is 0 Å². The number of rotatable bonds is 5. The van der Waals surface area contributed by atoms with E-state index in [-0.39, 0.29) is 6.03 Å². The largest absolute Gasteiger partial charge is 0.497 e. The van der Waals surface area contributed by atoms with Crippen molar-refractivity contribution in [1.82, 2.24) is 15.5 Å². The summed E-state index contributed by atoms with van der Waals surface area (Å²) in [4.78, 5) is 12.0. The SMILES string of the molecule is COc1ccc(-c2[nH]ncc2CNC(=O)Nc2ccc(Cl)cc2)cc1. The average Bonchev–Trinajstić information content (AvgIpc) is 3.10. The molecule has 2 amide bonds. The summed E-state index contributed by atoms with van der Waals surface area (Å²) in [6.07, 6.45) is 1.70. The summed E-state index contributed by atoms with van der Waals surface area (Å²) >= 11 is 5.82. The van der Waals surface area contributed by atoms with Crippen LogP contribution in [0.3, 0.4) is 0 Å². The zero-order valence-corrected chi connectivity index (χ0v) is 14.3. The van der Waals surface area contributed by atoms with Crippen LogP contribution in [0.25, 0.3) is 11.3 Å². The maximum Gasteiger partial charge on any atom is 0.319 e. The van der Waals surface area contributed by atoms with E-state index in [2.05, 4.69) is 20.8 Å². The quantitative estimate of drug-likeness (QED) is 0.645. The van der Waals surface area contributed by atoms with Gasteiger partial charge in [-0.05, 0) is 48.5 Å². The summed E-state index contributed by atoms with van der Waals surface area (Å²) in [6, 6.07) is 14.2. The van der Waals surface area contributed by atoms with Crippen LogP contribution in [0.4, 0.5) is 10.5 Å². The summed E-state index contributed by atoms with van der Waals surface area (Å²) in [5, 5.41) is 13.2. The predicted octanol–water partition coefficient (Wildman–Crippen LogP) is 4.06. The number of ether oxygens (including phenoxy) is 1. The van der Waals surface area contributed by atoms with Crippen molar-refractivity contribution in [2.45, 2.75) is 6.54 Å². The molecule has 0 radical (unpaired) electrons. The van der Waals surface area contributed by atoms with Crippen LogP contribution < -0.4 is 15.4 Å². The number of hydrogen-bond acceptors (Lipinski definition) is 3. The summed E-state index contributed by atoms with van der Waals surface area (Å²) in [7, 11) is 1.62. The number of aromatic amines is 1. The van der Waals surface area contributed by atoms with Crippen molar-refractivity contribution in [2.75, 3.05) is 12.4 Å². The van der Waals surface area contributed by atoms with Gasteiger partial charge in [-0.25, -0.2) is 4.79 Å². The number of methoxy groups -OCH3 is 1. The Morgan fingerprint density at radius 3 is 2.56 bits per heavy atom. The lowest BCUT2D eigenvalue weighted by molar-refractivity contribution is 0.252. The Morgan fingerprint density at radius 2 is 1.88 bits per heavy atom. The molecule has 1 heterocycles. The molecule has 2 aromatic carbocycles. The third-order valence-corrected chi connectivity index (χ3v) is 3.89. The van der Waals surface area contributed by atoms with E-state index in [4.69, 9.17) is 16.3 Å². The number of H-pyrrole nitrogens is 1. The normalized spacial score (nSPS) is 10.3. The predicted molar refractivity (Wildman–Crippen MR) is 97.9 cm³/mol. The van der Waals surface area contributed by atoms with E-state index in [1.165, 1.54) is 0 Å². The molecule has 0 atom stereocenters. The Bertz CT molecular complexity index is 844. The molecule has 0 aliphatic heterocycles. The fraction of sp³-hybridized carbons (Fsp3) is 0.111. The van der Waals surface area contributed by atoms with Gasteiger partial charge in [0.2, 0.25) is 0 Å². The molecule has 1 aromatic heterocycles. The van der Waals surface area contributed by atoms with Gasteiger partial charge in [-0.1, -0.05) is 11.6 Å². The van der Waals surface area contributed by atoms with E-state index in [0.717, 1.165) is 22.6 Å². The van der Waals surface area contributed by atoms with Crippen LogP contribution in [0.1, 0.15) is 5.56 Å². The lowest BCUT2D eigenvalue weighted by Crippen LogP contribution is -2.28. The maximum atomic E-state index is 12.0. The number of aromatic nitrogens is 2. The monoisotopic (exact) mass is 356 g/mol. The highest BCUT2D eigenvalue weighted by molar-refractivity contribution is 6.30. The molecule has 0 saturated carbocycles. The second-order valence-corrected chi connectivity index (χ2v) is 5.75. The average molecular weight is 357 g/mol. The van der Waals surface area contributed by atoms with E-state index < -0.39 is 0 Å². The van der Waals surface area contributed by atoms with E-state index >= 15 is 0 Å². The third-order valence-electron chi connectivity index (χ3n) is 3.64.